The van der Waals surface area contributed by atoms with E-state index in [1.807, 2.05) is 0 Å². The molecule has 0 aromatic heterocycles. The second-order valence-electron chi connectivity index (χ2n) is 5.04. The van der Waals surface area contributed by atoms with Crippen LogP contribution in [0.5, 0.6) is 0 Å². The third kappa shape index (κ3) is 10.9. The van der Waals surface area contributed by atoms with Crippen molar-refractivity contribution in [2.24, 2.45) is 0 Å². The molecule has 0 heterocycles. The van der Waals surface area contributed by atoms with Gasteiger partial charge >= 0.3 is 11.9 Å². The van der Waals surface area contributed by atoms with Crippen molar-refractivity contribution in [1.82, 2.24) is 0 Å². The van der Waals surface area contributed by atoms with E-state index in [1.165, 1.54) is 0 Å². The Kier molecular flexibility index (Phi) is 12.2. The molecule has 8 nitrogen and oxygen atoms in total. The van der Waals surface area contributed by atoms with Crippen LogP contribution < -0.4 is 0 Å². The molecule has 1 aromatic carbocycles. The summed E-state index contributed by atoms with van der Waals surface area (Å²) in [4.78, 5) is 34.1. The van der Waals surface area contributed by atoms with E-state index in [0.29, 0.717) is 26.4 Å². The number of esters is 2. The van der Waals surface area contributed by atoms with Crippen LogP contribution in [0.15, 0.2) is 43.0 Å². The first-order valence-corrected chi connectivity index (χ1v) is 8.44. The molecule has 0 saturated heterocycles. The van der Waals surface area contributed by atoms with E-state index >= 15 is 0 Å². The highest BCUT2D eigenvalue weighted by Crippen LogP contribution is 2.01. The summed E-state index contributed by atoms with van der Waals surface area (Å²) in [6.45, 7) is 5.30. The highest BCUT2D eigenvalue weighted by Gasteiger charge is 2.16. The van der Waals surface area contributed by atoms with Crippen molar-refractivity contribution in [3.63, 3.8) is 0 Å². The molecular formula is C19H24O8. The molecule has 27 heavy (non-hydrogen) atoms. The Morgan fingerprint density at radius 2 is 1.22 bits per heavy atom. The smallest absolute Gasteiger partial charge is 0.379 e. The van der Waals surface area contributed by atoms with Gasteiger partial charge in [0.15, 0.2) is 0 Å². The summed E-state index contributed by atoms with van der Waals surface area (Å²) < 4.78 is 25.3. The molecule has 0 spiro atoms. The van der Waals surface area contributed by atoms with Gasteiger partial charge in [0.2, 0.25) is 0 Å². The van der Waals surface area contributed by atoms with E-state index in [2.05, 4.69) is 6.58 Å². The van der Waals surface area contributed by atoms with E-state index in [-0.39, 0.29) is 32.0 Å². The molecule has 0 unspecified atom stereocenters. The van der Waals surface area contributed by atoms with Gasteiger partial charge in [-0.1, -0.05) is 36.9 Å². The lowest BCUT2D eigenvalue weighted by atomic mass is 10.1. The van der Waals surface area contributed by atoms with Crippen molar-refractivity contribution in [1.29, 1.82) is 0 Å². The number of carbonyl (C=O) groups is 3. The molecule has 0 saturated carbocycles. The molecule has 0 atom stereocenters. The molecule has 1 rings (SSSR count). The zero-order chi connectivity index (χ0) is 19.7. The lowest BCUT2D eigenvalue weighted by Crippen LogP contribution is -2.20. The second kappa shape index (κ2) is 14.6. The lowest BCUT2D eigenvalue weighted by molar-refractivity contribution is -0.140. The summed E-state index contributed by atoms with van der Waals surface area (Å²) in [6.07, 6.45) is 1.09. The van der Waals surface area contributed by atoms with Crippen LogP contribution in [-0.4, -0.2) is 70.6 Å². The summed E-state index contributed by atoms with van der Waals surface area (Å²) in [5.74, 6) is -2.07. The van der Waals surface area contributed by atoms with Crippen molar-refractivity contribution >= 4 is 17.7 Å². The molecule has 0 amide bonds. The van der Waals surface area contributed by atoms with E-state index in [0.717, 1.165) is 6.08 Å². The van der Waals surface area contributed by atoms with Crippen LogP contribution in [0.1, 0.15) is 10.4 Å². The number of ether oxygens (including phenoxy) is 5. The first kappa shape index (κ1) is 22.5. The van der Waals surface area contributed by atoms with Gasteiger partial charge in [0, 0.05) is 11.6 Å². The minimum atomic E-state index is -0.906. The number of ketones is 1. The maximum atomic E-state index is 11.7. The highest BCUT2D eigenvalue weighted by molar-refractivity contribution is 6.40. The number of hydrogen-bond donors (Lipinski definition) is 0. The Morgan fingerprint density at radius 3 is 1.74 bits per heavy atom. The fraction of sp³-hybridized carbons (Fsp3) is 0.421. The van der Waals surface area contributed by atoms with Gasteiger partial charge in [0.25, 0.3) is 5.78 Å². The number of rotatable bonds is 15. The van der Waals surface area contributed by atoms with Crippen molar-refractivity contribution in [2.75, 3.05) is 52.9 Å². The SMILES string of the molecule is C=CC(=O)OCCOCCOCCOCCOC(=O)C(=O)c1ccccc1. The van der Waals surface area contributed by atoms with Crippen molar-refractivity contribution in [3.05, 3.63) is 48.6 Å². The molecule has 0 aliphatic carbocycles. The fourth-order valence-corrected chi connectivity index (χ4v) is 1.77. The van der Waals surface area contributed by atoms with Gasteiger partial charge in [-0.15, -0.1) is 0 Å². The predicted octanol–water partition coefficient (Wildman–Crippen LogP) is 1.19. The number of Topliss-reactive ketones (excluding diaryl/α,β-unsaturated/α-hetero) is 1. The zero-order valence-corrected chi connectivity index (χ0v) is 15.1. The fourth-order valence-electron chi connectivity index (χ4n) is 1.77. The normalized spacial score (nSPS) is 10.2. The van der Waals surface area contributed by atoms with Crippen LogP contribution in [-0.2, 0) is 33.3 Å². The van der Waals surface area contributed by atoms with Gasteiger partial charge in [0.1, 0.15) is 13.2 Å². The van der Waals surface area contributed by atoms with Crippen LogP contribution in [0.4, 0.5) is 0 Å². The maximum Gasteiger partial charge on any atom is 0.379 e. The summed E-state index contributed by atoms with van der Waals surface area (Å²) in [7, 11) is 0. The zero-order valence-electron chi connectivity index (χ0n) is 15.1. The van der Waals surface area contributed by atoms with E-state index in [1.54, 1.807) is 30.3 Å². The van der Waals surface area contributed by atoms with Crippen LogP contribution in [0, 0.1) is 0 Å². The van der Waals surface area contributed by atoms with Crippen molar-refractivity contribution in [2.45, 2.75) is 0 Å². The Bertz CT molecular complexity index is 585. The Hall–Kier alpha value is -2.55. The van der Waals surface area contributed by atoms with Gasteiger partial charge in [-0.2, -0.15) is 0 Å². The summed E-state index contributed by atoms with van der Waals surface area (Å²) in [6, 6.07) is 8.20. The standard InChI is InChI=1S/C19H24O8/c1-2-17(20)26-14-12-24-10-8-23-9-11-25-13-15-27-19(22)18(21)16-6-4-3-5-7-16/h2-7H,1,8-15H2. The Morgan fingerprint density at radius 1 is 0.741 bits per heavy atom. The average molecular weight is 380 g/mol. The van der Waals surface area contributed by atoms with Gasteiger partial charge < -0.3 is 23.7 Å². The molecular weight excluding hydrogens is 356 g/mol. The highest BCUT2D eigenvalue weighted by atomic mass is 16.6. The van der Waals surface area contributed by atoms with Gasteiger partial charge in [0.05, 0.1) is 39.6 Å². The monoisotopic (exact) mass is 380 g/mol. The Labute approximate surface area is 158 Å². The van der Waals surface area contributed by atoms with Gasteiger partial charge in [-0.05, 0) is 0 Å². The molecule has 0 bridgehead atoms. The molecule has 0 aliphatic heterocycles. The van der Waals surface area contributed by atoms with Gasteiger partial charge in [-0.3, -0.25) is 4.79 Å². The van der Waals surface area contributed by atoms with Crippen LogP contribution >= 0.6 is 0 Å². The summed E-state index contributed by atoms with van der Waals surface area (Å²) in [5.41, 5.74) is 0.290. The molecule has 148 valence electrons. The van der Waals surface area contributed by atoms with Crippen molar-refractivity contribution < 1.29 is 38.1 Å². The largest absolute Gasteiger partial charge is 0.460 e. The maximum absolute atomic E-state index is 11.7. The summed E-state index contributed by atoms with van der Waals surface area (Å²) >= 11 is 0. The minimum absolute atomic E-state index is 0.00997. The molecule has 0 aliphatic rings. The number of carbonyl (C=O) groups excluding carboxylic acids is 3. The van der Waals surface area contributed by atoms with Crippen LogP contribution in [0.25, 0.3) is 0 Å². The average Bonchev–Trinajstić information content (AvgIpc) is 2.71. The van der Waals surface area contributed by atoms with Crippen LogP contribution in [0.3, 0.4) is 0 Å². The topological polar surface area (TPSA) is 97.4 Å². The second-order valence-corrected chi connectivity index (χ2v) is 5.04. The molecule has 8 heteroatoms. The minimum Gasteiger partial charge on any atom is -0.460 e. The first-order valence-electron chi connectivity index (χ1n) is 8.44. The number of benzene rings is 1. The predicted molar refractivity (Wildman–Crippen MR) is 95.3 cm³/mol. The lowest BCUT2D eigenvalue weighted by Gasteiger charge is -2.07. The third-order valence-corrected chi connectivity index (χ3v) is 3.06. The summed E-state index contributed by atoms with van der Waals surface area (Å²) in [5, 5.41) is 0. The molecule has 0 N–H and O–H groups in total. The first-order chi connectivity index (χ1) is 13.1. The van der Waals surface area contributed by atoms with Crippen LogP contribution in [0.2, 0.25) is 0 Å². The molecule has 0 fully saturated rings. The third-order valence-electron chi connectivity index (χ3n) is 3.06. The molecule has 0 radical (unpaired) electrons. The number of hydrogen-bond acceptors (Lipinski definition) is 8. The van der Waals surface area contributed by atoms with E-state index < -0.39 is 17.7 Å². The quantitative estimate of drug-likeness (QED) is 0.147. The van der Waals surface area contributed by atoms with E-state index in [4.69, 9.17) is 23.7 Å². The van der Waals surface area contributed by atoms with Gasteiger partial charge in [-0.25, -0.2) is 9.59 Å². The Balaban J connectivity index is 1.89. The molecule has 1 aromatic rings. The van der Waals surface area contributed by atoms with E-state index in [9.17, 15) is 14.4 Å². The van der Waals surface area contributed by atoms with Crippen molar-refractivity contribution in [3.8, 4) is 0 Å².